The molecule has 0 aliphatic heterocycles. The highest BCUT2D eigenvalue weighted by Crippen LogP contribution is 2.24. The van der Waals surface area contributed by atoms with Gasteiger partial charge in [-0.15, -0.1) is 0 Å². The highest BCUT2D eigenvalue weighted by atomic mass is 79.9. The summed E-state index contributed by atoms with van der Waals surface area (Å²) in [6.07, 6.45) is 0. The number of hydrogen-bond donors (Lipinski definition) is 0. The lowest BCUT2D eigenvalue weighted by atomic mass is 10.1. The molecule has 0 atom stereocenters. The first-order valence-corrected chi connectivity index (χ1v) is 7.20. The van der Waals surface area contributed by atoms with Crippen molar-refractivity contribution in [1.29, 1.82) is 5.26 Å². The van der Waals surface area contributed by atoms with E-state index >= 15 is 0 Å². The number of alkyl halides is 1. The van der Waals surface area contributed by atoms with E-state index in [1.165, 1.54) is 0 Å². The summed E-state index contributed by atoms with van der Waals surface area (Å²) in [5.74, 6) is 0.464. The zero-order valence-electron chi connectivity index (χ0n) is 11.0. The Morgan fingerprint density at radius 1 is 1.35 bits per heavy atom. The fourth-order valence-corrected chi connectivity index (χ4v) is 2.41. The number of benzene rings is 1. The topological polar surface area (TPSA) is 57.2 Å². The van der Waals surface area contributed by atoms with Crippen molar-refractivity contribution in [2.45, 2.75) is 0 Å². The lowest BCUT2D eigenvalue weighted by Gasteiger charge is -2.19. The van der Waals surface area contributed by atoms with Crippen molar-refractivity contribution >= 4 is 21.6 Å². The van der Waals surface area contributed by atoms with Crippen molar-refractivity contribution in [3.05, 3.63) is 52.4 Å². The minimum absolute atomic E-state index is 0.0353. The number of rotatable bonds is 4. The van der Waals surface area contributed by atoms with Crippen molar-refractivity contribution in [2.24, 2.45) is 0 Å². The summed E-state index contributed by atoms with van der Waals surface area (Å²) in [4.78, 5) is 13.8. The normalized spacial score (nSPS) is 10.1. The molecule has 0 aliphatic rings. The third-order valence-electron chi connectivity index (χ3n) is 2.93. The minimum atomic E-state index is -0.606. The van der Waals surface area contributed by atoms with E-state index in [0.29, 0.717) is 18.0 Å². The van der Waals surface area contributed by atoms with Gasteiger partial charge in [-0.25, -0.2) is 4.79 Å². The van der Waals surface area contributed by atoms with Crippen LogP contribution in [0, 0.1) is 11.3 Å². The Hall–Kier alpha value is -2.06. The molecular formula is C15H13BrN2O2. The largest absolute Gasteiger partial charge is 0.422 e. The first-order valence-electron chi connectivity index (χ1n) is 6.08. The van der Waals surface area contributed by atoms with Gasteiger partial charge < -0.3 is 9.32 Å². The molecule has 0 amide bonds. The smallest absolute Gasteiger partial charge is 0.356 e. The quantitative estimate of drug-likeness (QED) is 0.807. The van der Waals surface area contributed by atoms with Gasteiger partial charge in [-0.3, -0.25) is 0 Å². The molecule has 0 aliphatic carbocycles. The van der Waals surface area contributed by atoms with Gasteiger partial charge in [0.05, 0.1) is 5.69 Å². The molecule has 4 nitrogen and oxygen atoms in total. The number of hydrogen-bond acceptors (Lipinski definition) is 4. The van der Waals surface area contributed by atoms with Crippen molar-refractivity contribution in [1.82, 2.24) is 0 Å². The van der Waals surface area contributed by atoms with Gasteiger partial charge in [0, 0.05) is 30.6 Å². The molecule has 1 aromatic carbocycles. The van der Waals surface area contributed by atoms with E-state index in [1.54, 1.807) is 6.07 Å². The van der Waals surface area contributed by atoms with E-state index in [9.17, 15) is 4.79 Å². The second kappa shape index (κ2) is 6.40. The molecule has 1 aromatic heterocycles. The first kappa shape index (κ1) is 14.4. The number of nitrogens with zero attached hydrogens (tertiary/aromatic N) is 2. The second-order valence-corrected chi connectivity index (χ2v) is 5.04. The molecule has 2 rings (SSSR count). The Morgan fingerprint density at radius 3 is 2.65 bits per heavy atom. The van der Waals surface area contributed by atoms with Gasteiger partial charge in [-0.2, -0.15) is 5.26 Å². The predicted molar refractivity (Wildman–Crippen MR) is 82.2 cm³/mol. The Labute approximate surface area is 125 Å². The van der Waals surface area contributed by atoms with Crippen molar-refractivity contribution in [3.8, 4) is 17.4 Å². The highest BCUT2D eigenvalue weighted by Gasteiger charge is 2.15. The summed E-state index contributed by atoms with van der Waals surface area (Å²) in [7, 11) is 1.84. The molecule has 2 aromatic rings. The number of nitriles is 1. The number of halogens is 1. The molecule has 5 heteroatoms. The van der Waals surface area contributed by atoms with Crippen LogP contribution in [0.4, 0.5) is 5.69 Å². The Kier molecular flexibility index (Phi) is 4.59. The van der Waals surface area contributed by atoms with E-state index < -0.39 is 5.63 Å². The van der Waals surface area contributed by atoms with Crippen LogP contribution in [0.25, 0.3) is 11.3 Å². The third kappa shape index (κ3) is 2.91. The van der Waals surface area contributed by atoms with Crippen LogP contribution in [0.2, 0.25) is 0 Å². The summed E-state index contributed by atoms with van der Waals surface area (Å²) in [6, 6.07) is 13.0. The maximum Gasteiger partial charge on any atom is 0.356 e. The van der Waals surface area contributed by atoms with Crippen molar-refractivity contribution in [3.63, 3.8) is 0 Å². The molecule has 102 valence electrons. The predicted octanol–water partition coefficient (Wildman–Crippen LogP) is 3.01. The van der Waals surface area contributed by atoms with Gasteiger partial charge >= 0.3 is 5.63 Å². The molecule has 0 unspecified atom stereocenters. The monoisotopic (exact) mass is 332 g/mol. The summed E-state index contributed by atoms with van der Waals surface area (Å²) >= 11 is 3.35. The van der Waals surface area contributed by atoms with E-state index in [2.05, 4.69) is 15.9 Å². The van der Waals surface area contributed by atoms with Gasteiger partial charge in [-0.1, -0.05) is 46.3 Å². The first-order chi connectivity index (χ1) is 9.67. The van der Waals surface area contributed by atoms with Crippen LogP contribution in [-0.4, -0.2) is 18.9 Å². The van der Waals surface area contributed by atoms with E-state index in [4.69, 9.17) is 9.68 Å². The van der Waals surface area contributed by atoms with Crippen LogP contribution in [0.1, 0.15) is 5.56 Å². The van der Waals surface area contributed by atoms with Crippen LogP contribution < -0.4 is 10.5 Å². The van der Waals surface area contributed by atoms with Crippen LogP contribution >= 0.6 is 15.9 Å². The van der Waals surface area contributed by atoms with Crippen molar-refractivity contribution < 1.29 is 4.42 Å². The molecule has 0 fully saturated rings. The van der Waals surface area contributed by atoms with Gasteiger partial charge in [0.15, 0.2) is 5.56 Å². The van der Waals surface area contributed by atoms with Crippen LogP contribution in [0.5, 0.6) is 0 Å². The zero-order chi connectivity index (χ0) is 14.5. The lowest BCUT2D eigenvalue weighted by molar-refractivity contribution is 0.523. The summed E-state index contributed by atoms with van der Waals surface area (Å²) in [5.41, 5.74) is 0.822. The van der Waals surface area contributed by atoms with Crippen LogP contribution in [0.3, 0.4) is 0 Å². The Balaban J connectivity index is 2.58. The van der Waals surface area contributed by atoms with E-state index in [-0.39, 0.29) is 5.56 Å². The molecular weight excluding hydrogens is 320 g/mol. The van der Waals surface area contributed by atoms with E-state index in [0.717, 1.165) is 10.9 Å². The maximum absolute atomic E-state index is 11.9. The standard InChI is InChI=1S/C15H13BrN2O2/c1-18(8-7-16)13-9-14(11-5-3-2-4-6-11)20-15(19)12(13)10-17/h2-6,9H,7-8H2,1H3. The zero-order valence-corrected chi connectivity index (χ0v) is 12.6. The SMILES string of the molecule is CN(CCBr)c1cc(-c2ccccc2)oc(=O)c1C#N. The van der Waals surface area contributed by atoms with Crippen molar-refractivity contribution in [2.75, 3.05) is 23.8 Å². The van der Waals surface area contributed by atoms with Gasteiger partial charge in [0.2, 0.25) is 0 Å². The number of anilines is 1. The fraction of sp³-hybridized carbons (Fsp3) is 0.200. The molecule has 20 heavy (non-hydrogen) atoms. The van der Waals surface area contributed by atoms with Gasteiger partial charge in [0.1, 0.15) is 11.8 Å². The van der Waals surface area contributed by atoms with Gasteiger partial charge in [0.25, 0.3) is 0 Å². The minimum Gasteiger partial charge on any atom is -0.422 e. The molecule has 0 N–H and O–H groups in total. The average molecular weight is 333 g/mol. The second-order valence-electron chi connectivity index (χ2n) is 4.25. The summed E-state index contributed by atoms with van der Waals surface area (Å²) in [5, 5.41) is 9.87. The average Bonchev–Trinajstić information content (AvgIpc) is 2.47. The lowest BCUT2D eigenvalue weighted by Crippen LogP contribution is -2.23. The van der Waals surface area contributed by atoms with Crippen LogP contribution in [0.15, 0.2) is 45.6 Å². The molecule has 0 radical (unpaired) electrons. The molecule has 0 bridgehead atoms. The molecule has 0 saturated heterocycles. The van der Waals surface area contributed by atoms with Crippen LogP contribution in [-0.2, 0) is 0 Å². The fourth-order valence-electron chi connectivity index (χ4n) is 1.88. The Bertz CT molecular complexity index is 689. The Morgan fingerprint density at radius 2 is 2.05 bits per heavy atom. The van der Waals surface area contributed by atoms with E-state index in [1.807, 2.05) is 48.3 Å². The summed E-state index contributed by atoms with van der Waals surface area (Å²) < 4.78 is 5.24. The molecule has 1 heterocycles. The summed E-state index contributed by atoms with van der Waals surface area (Å²) in [6.45, 7) is 0.687. The maximum atomic E-state index is 11.9. The van der Waals surface area contributed by atoms with Gasteiger partial charge in [-0.05, 0) is 0 Å². The molecule has 0 saturated carbocycles. The third-order valence-corrected chi connectivity index (χ3v) is 3.29. The molecule has 0 spiro atoms. The highest BCUT2D eigenvalue weighted by molar-refractivity contribution is 9.09.